The molecule has 210 valence electrons. The summed E-state index contributed by atoms with van der Waals surface area (Å²) in [5, 5.41) is 42.0. The normalized spacial score (nSPS) is 23.5. The average Bonchev–Trinajstić information content (AvgIpc) is 2.98. The Labute approximate surface area is 235 Å². The third kappa shape index (κ3) is 3.80. The molecule has 3 heterocycles. The van der Waals surface area contributed by atoms with E-state index in [4.69, 9.17) is 23.7 Å². The molecule has 4 atom stereocenters. The maximum Gasteiger partial charge on any atom is 0.279 e. The van der Waals surface area contributed by atoms with Gasteiger partial charge in [0.25, 0.3) is 5.79 Å². The summed E-state index contributed by atoms with van der Waals surface area (Å²) < 4.78 is 30.7. The van der Waals surface area contributed by atoms with Gasteiger partial charge in [-0.15, -0.1) is 0 Å². The number of hydrogen-bond donors (Lipinski definition) is 4. The highest BCUT2D eigenvalue weighted by atomic mass is 16.7. The lowest BCUT2D eigenvalue weighted by Crippen LogP contribution is -2.47. The van der Waals surface area contributed by atoms with Gasteiger partial charge in [-0.1, -0.05) is 24.3 Å². The molecule has 0 saturated carbocycles. The second-order valence-corrected chi connectivity index (χ2v) is 10.5. The number of aliphatic hydroxyl groups is 1. The summed E-state index contributed by atoms with van der Waals surface area (Å²) in [6, 6.07) is 19.1. The fourth-order valence-corrected chi connectivity index (χ4v) is 6.22. The molecule has 0 saturated heterocycles. The largest absolute Gasteiger partial charge is 0.507 e. The molecule has 0 aromatic heterocycles. The Hall–Kier alpha value is -4.76. The molecule has 3 aliphatic heterocycles. The first-order valence-electron chi connectivity index (χ1n) is 13.3. The van der Waals surface area contributed by atoms with Crippen molar-refractivity contribution in [3.05, 3.63) is 94.5 Å². The number of hydrogen-bond acceptors (Lipinski definition) is 9. The number of benzene rings is 4. The van der Waals surface area contributed by atoms with E-state index in [1.807, 2.05) is 36.4 Å². The van der Waals surface area contributed by atoms with E-state index >= 15 is 0 Å². The van der Waals surface area contributed by atoms with Crippen LogP contribution < -0.4 is 23.7 Å². The van der Waals surface area contributed by atoms with Gasteiger partial charge in [0.15, 0.2) is 23.0 Å². The third-order valence-corrected chi connectivity index (χ3v) is 8.19. The Morgan fingerprint density at radius 2 is 1.59 bits per heavy atom. The van der Waals surface area contributed by atoms with Crippen molar-refractivity contribution < 1.29 is 44.1 Å². The molecule has 0 fully saturated rings. The molecule has 9 nitrogen and oxygen atoms in total. The molecular formula is C32H28O9. The number of ether oxygens (including phenoxy) is 5. The lowest BCUT2D eigenvalue weighted by molar-refractivity contribution is -0.149. The molecule has 4 aromatic rings. The molecule has 4 N–H and O–H groups in total. The predicted octanol–water partition coefficient (Wildman–Crippen LogP) is 5.02. The molecule has 3 aliphatic rings. The summed E-state index contributed by atoms with van der Waals surface area (Å²) in [6.07, 6.45) is -1.34. The van der Waals surface area contributed by atoms with Gasteiger partial charge in [-0.2, -0.15) is 0 Å². The summed E-state index contributed by atoms with van der Waals surface area (Å²) in [5.41, 5.74) is 3.35. The Morgan fingerprint density at radius 3 is 2.37 bits per heavy atom. The molecule has 41 heavy (non-hydrogen) atoms. The van der Waals surface area contributed by atoms with Crippen LogP contribution in [-0.4, -0.2) is 40.7 Å². The van der Waals surface area contributed by atoms with Crippen molar-refractivity contribution in [1.82, 2.24) is 0 Å². The number of methoxy groups -OCH3 is 2. The van der Waals surface area contributed by atoms with Crippen LogP contribution in [0.15, 0.2) is 66.7 Å². The fourth-order valence-electron chi connectivity index (χ4n) is 6.22. The maximum atomic E-state index is 11.1. The van der Waals surface area contributed by atoms with Gasteiger partial charge in [0.2, 0.25) is 0 Å². The van der Waals surface area contributed by atoms with Gasteiger partial charge in [-0.3, -0.25) is 0 Å². The van der Waals surface area contributed by atoms with E-state index in [2.05, 4.69) is 0 Å². The molecule has 4 aromatic carbocycles. The van der Waals surface area contributed by atoms with Crippen LogP contribution >= 0.6 is 0 Å². The Morgan fingerprint density at radius 1 is 0.805 bits per heavy atom. The van der Waals surface area contributed by atoms with Gasteiger partial charge in [-0.25, -0.2) is 0 Å². The number of phenols is 3. The Bertz CT molecular complexity index is 1680. The van der Waals surface area contributed by atoms with Crippen molar-refractivity contribution >= 4 is 0 Å². The zero-order valence-electron chi connectivity index (χ0n) is 22.3. The minimum absolute atomic E-state index is 0.0690. The lowest BCUT2D eigenvalue weighted by atomic mass is 9.76. The molecule has 0 amide bonds. The van der Waals surface area contributed by atoms with Gasteiger partial charge < -0.3 is 44.1 Å². The number of rotatable bonds is 4. The molecule has 9 heteroatoms. The van der Waals surface area contributed by atoms with Crippen LogP contribution in [0.4, 0.5) is 0 Å². The summed E-state index contributed by atoms with van der Waals surface area (Å²) in [5.74, 6) is 0.438. The first-order valence-corrected chi connectivity index (χ1v) is 13.3. The number of aromatic hydroxyl groups is 3. The number of phenolic OH excluding ortho intramolecular Hbond substituents is 3. The Balaban J connectivity index is 1.40. The summed E-state index contributed by atoms with van der Waals surface area (Å²) in [6.45, 7) is 0. The molecule has 0 spiro atoms. The first-order chi connectivity index (χ1) is 19.8. The molecule has 0 radical (unpaired) electrons. The highest BCUT2D eigenvalue weighted by Gasteiger charge is 2.52. The van der Waals surface area contributed by atoms with Crippen LogP contribution in [0.2, 0.25) is 0 Å². The van der Waals surface area contributed by atoms with Crippen molar-refractivity contribution in [2.75, 3.05) is 14.2 Å². The van der Waals surface area contributed by atoms with Crippen LogP contribution in [0.5, 0.6) is 46.0 Å². The van der Waals surface area contributed by atoms with Gasteiger partial charge in [-0.05, 0) is 42.0 Å². The van der Waals surface area contributed by atoms with Crippen molar-refractivity contribution in [1.29, 1.82) is 0 Å². The highest BCUT2D eigenvalue weighted by molar-refractivity contribution is 5.65. The van der Waals surface area contributed by atoms with Gasteiger partial charge in [0.1, 0.15) is 29.1 Å². The topological polar surface area (TPSA) is 127 Å². The van der Waals surface area contributed by atoms with Gasteiger partial charge in [0.05, 0.1) is 20.3 Å². The fraction of sp³-hybridized carbons (Fsp3) is 0.250. The zero-order chi connectivity index (χ0) is 28.5. The van der Waals surface area contributed by atoms with E-state index in [0.29, 0.717) is 51.9 Å². The smallest absolute Gasteiger partial charge is 0.279 e. The molecular weight excluding hydrogens is 528 g/mol. The van der Waals surface area contributed by atoms with E-state index in [-0.39, 0.29) is 29.6 Å². The van der Waals surface area contributed by atoms with Crippen LogP contribution in [0, 0.1) is 0 Å². The van der Waals surface area contributed by atoms with Crippen LogP contribution in [0.25, 0.3) is 0 Å². The average molecular weight is 557 g/mol. The van der Waals surface area contributed by atoms with Crippen molar-refractivity contribution in [2.24, 2.45) is 0 Å². The lowest BCUT2D eigenvalue weighted by Gasteiger charge is -2.47. The van der Waals surface area contributed by atoms with Crippen molar-refractivity contribution in [3.8, 4) is 46.0 Å². The van der Waals surface area contributed by atoms with Crippen molar-refractivity contribution in [2.45, 2.75) is 36.8 Å². The van der Waals surface area contributed by atoms with Gasteiger partial charge >= 0.3 is 0 Å². The summed E-state index contributed by atoms with van der Waals surface area (Å²) in [7, 11) is 3.14. The molecule has 0 aliphatic carbocycles. The van der Waals surface area contributed by atoms with Crippen molar-refractivity contribution in [3.63, 3.8) is 0 Å². The minimum Gasteiger partial charge on any atom is -0.507 e. The SMILES string of the molecule is COc1ccc([C@]23C[C@H](c4ccccc4O2)c2c(cc(O)c4c2O[C@@H](c2ccc(O)c(O)c2)[C@H](O)C4)O3)cc1OC. The summed E-state index contributed by atoms with van der Waals surface area (Å²) in [4.78, 5) is 0. The van der Waals surface area contributed by atoms with Gasteiger partial charge in [0, 0.05) is 47.1 Å². The quantitative estimate of drug-likeness (QED) is 0.256. The minimum atomic E-state index is -1.23. The predicted molar refractivity (Wildman–Crippen MR) is 146 cm³/mol. The van der Waals surface area contributed by atoms with E-state index in [1.165, 1.54) is 12.1 Å². The second-order valence-electron chi connectivity index (χ2n) is 10.5. The zero-order valence-corrected chi connectivity index (χ0v) is 22.3. The molecule has 7 rings (SSSR count). The maximum absolute atomic E-state index is 11.1. The van der Waals surface area contributed by atoms with E-state index in [0.717, 1.165) is 11.1 Å². The standard InChI is InChI=1S/C32H28O9/c1-37-26-10-8-17(12-27(26)38-2)32-15-20(18-5-3-4-6-25(18)40-32)29-28(41-32)14-22(34)19-13-24(36)30(39-31(19)29)16-7-9-21(33)23(35)11-16/h3-12,14,20,24,30,33-36H,13,15H2,1-2H3/t20-,24-,30+,32-/m1/s1. The first kappa shape index (κ1) is 25.2. The molecule has 0 unspecified atom stereocenters. The van der Waals surface area contributed by atoms with E-state index in [1.54, 1.807) is 32.4 Å². The monoisotopic (exact) mass is 556 g/mol. The van der Waals surface area contributed by atoms with E-state index < -0.39 is 18.0 Å². The third-order valence-electron chi connectivity index (χ3n) is 8.19. The molecule has 2 bridgehead atoms. The van der Waals surface area contributed by atoms with Crippen LogP contribution in [0.3, 0.4) is 0 Å². The van der Waals surface area contributed by atoms with Crippen LogP contribution in [0.1, 0.15) is 46.3 Å². The number of fused-ring (bicyclic) bond motifs is 8. The van der Waals surface area contributed by atoms with E-state index in [9.17, 15) is 20.4 Å². The van der Waals surface area contributed by atoms with Crippen LogP contribution in [-0.2, 0) is 12.2 Å². The Kier molecular flexibility index (Phi) is 5.62. The number of aliphatic hydroxyl groups excluding tert-OH is 1. The highest BCUT2D eigenvalue weighted by Crippen LogP contribution is 2.60. The summed E-state index contributed by atoms with van der Waals surface area (Å²) >= 11 is 0. The number of para-hydroxylation sites is 1. The second kappa shape index (κ2) is 9.14.